The number of methoxy groups -OCH3 is 1. The fraction of sp³-hybridized carbons (Fsp3) is 0.278. The lowest BCUT2D eigenvalue weighted by Crippen LogP contribution is -2.21. The van der Waals surface area contributed by atoms with Crippen LogP contribution in [-0.4, -0.2) is 36.3 Å². The lowest BCUT2D eigenvalue weighted by Gasteiger charge is -2.08. The number of amides is 1. The Morgan fingerprint density at radius 2 is 1.93 bits per heavy atom. The van der Waals surface area contributed by atoms with Crippen molar-refractivity contribution in [2.75, 3.05) is 19.0 Å². The maximum Gasteiger partial charge on any atom is 0.306 e. The number of hydrogen-bond acceptors (Lipinski definition) is 8. The summed E-state index contributed by atoms with van der Waals surface area (Å²) in [7, 11) is 1.36. The quantitative estimate of drug-likeness (QED) is 0.293. The van der Waals surface area contributed by atoms with E-state index in [1.165, 1.54) is 36.6 Å². The molecule has 0 bridgehead atoms. The van der Waals surface area contributed by atoms with E-state index in [1.54, 1.807) is 6.07 Å². The number of ether oxygens (including phenoxy) is 2. The van der Waals surface area contributed by atoms with Gasteiger partial charge in [-0.3, -0.25) is 24.5 Å². The van der Waals surface area contributed by atoms with Gasteiger partial charge in [-0.05, 0) is 31.2 Å². The third-order valence-corrected chi connectivity index (χ3v) is 4.65. The molecule has 9 nitrogen and oxygen atoms in total. The number of esters is 1. The van der Waals surface area contributed by atoms with Crippen molar-refractivity contribution in [3.05, 3.63) is 50.2 Å². The number of anilines is 1. The van der Waals surface area contributed by atoms with Gasteiger partial charge in [0, 0.05) is 11.3 Å². The molecule has 0 aliphatic heterocycles. The molecule has 0 radical (unpaired) electrons. The van der Waals surface area contributed by atoms with Crippen LogP contribution in [0.2, 0.25) is 0 Å². The number of benzene rings is 1. The molecule has 1 aromatic carbocycles. The molecule has 2 aromatic rings. The van der Waals surface area contributed by atoms with Gasteiger partial charge in [0.05, 0.1) is 29.4 Å². The predicted octanol–water partition coefficient (Wildman–Crippen LogP) is 3.12. The lowest BCUT2D eigenvalue weighted by molar-refractivity contribution is -0.384. The number of carbonyl (C=O) groups excluding carboxylic acids is 3. The maximum atomic E-state index is 11.9. The van der Waals surface area contributed by atoms with Crippen LogP contribution >= 0.6 is 11.3 Å². The van der Waals surface area contributed by atoms with Gasteiger partial charge < -0.3 is 14.8 Å². The lowest BCUT2D eigenvalue weighted by atomic mass is 10.2. The highest BCUT2D eigenvalue weighted by Crippen LogP contribution is 2.28. The zero-order valence-electron chi connectivity index (χ0n) is 15.2. The summed E-state index contributed by atoms with van der Waals surface area (Å²) < 4.78 is 9.73. The van der Waals surface area contributed by atoms with E-state index in [-0.39, 0.29) is 35.7 Å². The number of Topliss-reactive ketones (excluding diaryl/α,β-unsaturated/α-hetero) is 1. The Balaban J connectivity index is 1.83. The highest BCUT2D eigenvalue weighted by molar-refractivity contribution is 7.14. The molecular weight excluding hydrogens is 388 g/mol. The van der Waals surface area contributed by atoms with Crippen LogP contribution in [0, 0.1) is 17.0 Å². The molecule has 1 aromatic heterocycles. The monoisotopic (exact) mass is 406 g/mol. The Morgan fingerprint density at radius 3 is 2.54 bits per heavy atom. The first-order valence-corrected chi connectivity index (χ1v) is 8.99. The average Bonchev–Trinajstić information content (AvgIpc) is 3.11. The summed E-state index contributed by atoms with van der Waals surface area (Å²) in [5.41, 5.74) is -0.397. The van der Waals surface area contributed by atoms with Crippen molar-refractivity contribution in [1.29, 1.82) is 0 Å². The van der Waals surface area contributed by atoms with Crippen LogP contribution < -0.4 is 10.1 Å². The van der Waals surface area contributed by atoms with Crippen molar-refractivity contribution in [1.82, 2.24) is 0 Å². The van der Waals surface area contributed by atoms with Gasteiger partial charge in [-0.25, -0.2) is 0 Å². The molecule has 0 unspecified atom stereocenters. The van der Waals surface area contributed by atoms with Crippen LogP contribution in [0.5, 0.6) is 5.75 Å². The van der Waals surface area contributed by atoms with E-state index < -0.39 is 23.4 Å². The van der Waals surface area contributed by atoms with E-state index in [0.29, 0.717) is 4.88 Å². The second-order valence-corrected chi connectivity index (χ2v) is 6.97. The highest BCUT2D eigenvalue weighted by atomic mass is 32.1. The van der Waals surface area contributed by atoms with Crippen molar-refractivity contribution >= 4 is 40.4 Å². The Bertz CT molecular complexity index is 907. The van der Waals surface area contributed by atoms with Crippen LogP contribution in [0.1, 0.15) is 27.4 Å². The van der Waals surface area contributed by atoms with Gasteiger partial charge >= 0.3 is 5.97 Å². The van der Waals surface area contributed by atoms with E-state index in [0.717, 1.165) is 4.88 Å². The van der Waals surface area contributed by atoms with E-state index in [2.05, 4.69) is 5.32 Å². The fourth-order valence-electron chi connectivity index (χ4n) is 2.22. The molecule has 2 rings (SSSR count). The number of nitrogens with zero attached hydrogens (tertiary/aromatic N) is 1. The average molecular weight is 406 g/mol. The first kappa shape index (κ1) is 21.0. The van der Waals surface area contributed by atoms with Crippen LogP contribution in [-0.2, 0) is 14.3 Å². The Hall–Kier alpha value is -3.27. The predicted molar refractivity (Wildman–Crippen MR) is 102 cm³/mol. The van der Waals surface area contributed by atoms with Gasteiger partial charge in [0.2, 0.25) is 0 Å². The zero-order chi connectivity index (χ0) is 20.7. The molecule has 1 N–H and O–H groups in total. The number of nitro benzene ring substituents is 1. The van der Waals surface area contributed by atoms with Crippen molar-refractivity contribution in [3.8, 4) is 5.75 Å². The summed E-state index contributed by atoms with van der Waals surface area (Å²) in [5.74, 6) is -1.35. The minimum Gasteiger partial charge on any atom is -0.496 e. The summed E-state index contributed by atoms with van der Waals surface area (Å²) in [5, 5.41) is 13.4. The number of hydrogen-bond donors (Lipinski definition) is 1. The minimum atomic E-state index is -0.734. The number of nitrogens with one attached hydrogen (secondary N) is 1. The summed E-state index contributed by atoms with van der Waals surface area (Å²) in [6.07, 6.45) is -0.184. The smallest absolute Gasteiger partial charge is 0.306 e. The van der Waals surface area contributed by atoms with Crippen molar-refractivity contribution < 1.29 is 28.8 Å². The van der Waals surface area contributed by atoms with E-state index in [9.17, 15) is 24.5 Å². The summed E-state index contributed by atoms with van der Waals surface area (Å²) in [6, 6.07) is 7.45. The number of nitro groups is 1. The molecular formula is C18H18N2O7S. The van der Waals surface area contributed by atoms with Gasteiger partial charge in [-0.1, -0.05) is 0 Å². The minimum absolute atomic E-state index is 0.0235. The fourth-order valence-corrected chi connectivity index (χ4v) is 3.06. The van der Waals surface area contributed by atoms with Gasteiger partial charge in [0.15, 0.2) is 12.4 Å². The largest absolute Gasteiger partial charge is 0.496 e. The van der Waals surface area contributed by atoms with Crippen molar-refractivity contribution in [2.45, 2.75) is 19.8 Å². The Labute approximate surface area is 164 Å². The molecule has 0 aliphatic carbocycles. The van der Waals surface area contributed by atoms with Crippen molar-refractivity contribution in [3.63, 3.8) is 0 Å². The SMILES string of the molecule is COc1ccc(NC(=O)COC(=O)CCC(=O)c2ccc(C)s2)c([N+](=O)[O-])c1. The van der Waals surface area contributed by atoms with Gasteiger partial charge in [0.1, 0.15) is 11.4 Å². The molecule has 10 heteroatoms. The van der Waals surface area contributed by atoms with Gasteiger partial charge in [0.25, 0.3) is 11.6 Å². The maximum absolute atomic E-state index is 11.9. The number of thiophene rings is 1. The molecule has 0 spiro atoms. The number of rotatable bonds is 9. The van der Waals surface area contributed by atoms with Crippen LogP contribution in [0.3, 0.4) is 0 Å². The summed E-state index contributed by atoms with van der Waals surface area (Å²) >= 11 is 1.34. The van der Waals surface area contributed by atoms with Gasteiger partial charge in [-0.2, -0.15) is 0 Å². The number of aryl methyl sites for hydroxylation is 1. The normalized spacial score (nSPS) is 10.2. The number of ketones is 1. The number of carbonyl (C=O) groups is 3. The molecule has 28 heavy (non-hydrogen) atoms. The Kier molecular flexibility index (Phi) is 7.21. The Morgan fingerprint density at radius 1 is 1.18 bits per heavy atom. The molecule has 0 saturated carbocycles. The van der Waals surface area contributed by atoms with Crippen LogP contribution in [0.4, 0.5) is 11.4 Å². The molecule has 0 aliphatic rings. The van der Waals surface area contributed by atoms with E-state index >= 15 is 0 Å². The third kappa shape index (κ3) is 5.88. The van der Waals surface area contributed by atoms with Crippen LogP contribution in [0.25, 0.3) is 0 Å². The van der Waals surface area contributed by atoms with Crippen LogP contribution in [0.15, 0.2) is 30.3 Å². The molecule has 0 saturated heterocycles. The molecule has 1 heterocycles. The van der Waals surface area contributed by atoms with Crippen molar-refractivity contribution in [2.24, 2.45) is 0 Å². The first-order valence-electron chi connectivity index (χ1n) is 8.17. The highest BCUT2D eigenvalue weighted by Gasteiger charge is 2.18. The standard InChI is InChI=1S/C18H18N2O7S/c1-11-3-7-16(28-11)15(21)6-8-18(23)27-10-17(22)19-13-5-4-12(26-2)9-14(13)20(24)25/h3-5,7,9H,6,8,10H2,1-2H3,(H,19,22). The topological polar surface area (TPSA) is 125 Å². The molecule has 0 fully saturated rings. The van der Waals surface area contributed by atoms with Gasteiger partial charge in [-0.15, -0.1) is 11.3 Å². The molecule has 0 atom stereocenters. The summed E-state index contributed by atoms with van der Waals surface area (Å²) in [6.45, 7) is 1.26. The second kappa shape index (κ2) is 9.60. The summed E-state index contributed by atoms with van der Waals surface area (Å²) in [4.78, 5) is 47.6. The second-order valence-electron chi connectivity index (χ2n) is 5.68. The first-order chi connectivity index (χ1) is 13.3. The van der Waals surface area contributed by atoms with E-state index in [1.807, 2.05) is 13.0 Å². The molecule has 148 valence electrons. The zero-order valence-corrected chi connectivity index (χ0v) is 16.0. The van der Waals surface area contributed by atoms with E-state index in [4.69, 9.17) is 9.47 Å². The molecule has 1 amide bonds. The third-order valence-electron chi connectivity index (χ3n) is 3.61.